The summed E-state index contributed by atoms with van der Waals surface area (Å²) in [7, 11) is 3.21. The van der Waals surface area contributed by atoms with Gasteiger partial charge in [-0.25, -0.2) is 0 Å². The molecule has 1 aromatic carbocycles. The number of hydrogen-bond acceptors (Lipinski definition) is 6. The van der Waals surface area contributed by atoms with Crippen LogP contribution in [0.1, 0.15) is 62.4 Å². The predicted octanol–water partition coefficient (Wildman–Crippen LogP) is 4.02. The van der Waals surface area contributed by atoms with Crippen molar-refractivity contribution in [2.75, 3.05) is 20.8 Å². The number of rotatable bonds is 9. The van der Waals surface area contributed by atoms with Gasteiger partial charge in [-0.15, -0.1) is 0 Å². The summed E-state index contributed by atoms with van der Waals surface area (Å²) in [5.74, 6) is 0.863. The minimum atomic E-state index is -0.606. The van der Waals surface area contributed by atoms with Crippen LogP contribution in [0, 0.1) is 29.1 Å². The lowest BCUT2D eigenvalue weighted by molar-refractivity contribution is -0.141. The number of aliphatic hydroxyl groups is 1. The normalized spacial score (nSPS) is 29.0. The highest BCUT2D eigenvalue weighted by Gasteiger charge is 2.53. The van der Waals surface area contributed by atoms with Gasteiger partial charge < -0.3 is 25.2 Å². The van der Waals surface area contributed by atoms with Gasteiger partial charge in [-0.3, -0.25) is 14.6 Å². The van der Waals surface area contributed by atoms with Crippen LogP contribution < -0.4 is 20.1 Å². The molecule has 0 bridgehead atoms. The molecule has 7 atom stereocenters. The maximum Gasteiger partial charge on any atom is 0.251 e. The summed E-state index contributed by atoms with van der Waals surface area (Å²) in [4.78, 5) is 30.0. The van der Waals surface area contributed by atoms with E-state index in [1.165, 1.54) is 0 Å². The Kier molecular flexibility index (Phi) is 9.15. The zero-order valence-electron chi connectivity index (χ0n) is 23.8. The number of aliphatic hydroxyl groups excluding tert-OH is 1. The Morgan fingerprint density at radius 2 is 1.79 bits per heavy atom. The standard InChI is InChI=1S/C31H43N3O5/c1-19(29(36)33-17-10-21-6-7-25(38-4)26(18-21)39-5)23-8-13-31(3)14-9-24(20(2)27(31)28(23)35)34-30(37)22-11-15-32-16-12-22/h6-7,11-12,15-16,18-20,23-24,27-28,35H,8-10,13-14,17H2,1-5H3,(H,33,36)(H,34,37). The first kappa shape index (κ1) is 28.9. The zero-order chi connectivity index (χ0) is 28.2. The molecule has 2 fully saturated rings. The number of amides is 2. The predicted molar refractivity (Wildman–Crippen MR) is 150 cm³/mol. The number of nitrogens with zero attached hydrogens (tertiary/aromatic N) is 1. The topological polar surface area (TPSA) is 110 Å². The molecule has 1 aromatic heterocycles. The van der Waals surface area contributed by atoms with Crippen molar-refractivity contribution in [3.63, 3.8) is 0 Å². The molecule has 0 aliphatic heterocycles. The van der Waals surface area contributed by atoms with Crippen molar-refractivity contribution in [3.05, 3.63) is 53.9 Å². The van der Waals surface area contributed by atoms with Crippen molar-refractivity contribution in [1.82, 2.24) is 15.6 Å². The number of carbonyl (C=O) groups excluding carboxylic acids is 2. The Morgan fingerprint density at radius 1 is 1.10 bits per heavy atom. The number of ether oxygens (including phenoxy) is 2. The van der Waals surface area contributed by atoms with E-state index in [1.807, 2.05) is 25.1 Å². The van der Waals surface area contributed by atoms with Gasteiger partial charge in [0.05, 0.1) is 20.3 Å². The first-order chi connectivity index (χ1) is 18.7. The lowest BCUT2D eigenvalue weighted by Crippen LogP contribution is -2.58. The molecule has 0 saturated heterocycles. The maximum atomic E-state index is 13.2. The van der Waals surface area contributed by atoms with Gasteiger partial charge in [-0.05, 0) is 85.1 Å². The fraction of sp³-hybridized carbons (Fsp3) is 0.581. The van der Waals surface area contributed by atoms with E-state index in [1.54, 1.807) is 38.7 Å². The maximum absolute atomic E-state index is 13.2. The van der Waals surface area contributed by atoms with Crippen LogP contribution in [-0.4, -0.2) is 54.8 Å². The summed E-state index contributed by atoms with van der Waals surface area (Å²) in [5, 5.41) is 18.0. The number of methoxy groups -OCH3 is 2. The van der Waals surface area contributed by atoms with Crippen LogP contribution in [0.15, 0.2) is 42.7 Å². The molecule has 2 amide bonds. The third-order valence-corrected chi connectivity index (χ3v) is 9.36. The van der Waals surface area contributed by atoms with Crippen molar-refractivity contribution in [2.45, 2.75) is 65.0 Å². The summed E-state index contributed by atoms with van der Waals surface area (Å²) in [5.41, 5.74) is 1.63. The summed E-state index contributed by atoms with van der Waals surface area (Å²) in [6.45, 7) is 6.84. The average Bonchev–Trinajstić information content (AvgIpc) is 2.94. The minimum Gasteiger partial charge on any atom is -0.493 e. The summed E-state index contributed by atoms with van der Waals surface area (Å²) >= 11 is 0. The Morgan fingerprint density at radius 3 is 2.49 bits per heavy atom. The Balaban J connectivity index is 1.36. The van der Waals surface area contributed by atoms with E-state index in [4.69, 9.17) is 9.47 Å². The molecule has 2 aliphatic carbocycles. The van der Waals surface area contributed by atoms with Crippen molar-refractivity contribution in [2.24, 2.45) is 29.1 Å². The van der Waals surface area contributed by atoms with E-state index in [9.17, 15) is 14.7 Å². The van der Waals surface area contributed by atoms with Gasteiger partial charge in [-0.2, -0.15) is 0 Å². The fourth-order valence-electron chi connectivity index (χ4n) is 6.97. The van der Waals surface area contributed by atoms with Crippen LogP contribution in [0.4, 0.5) is 0 Å². The van der Waals surface area contributed by atoms with E-state index < -0.39 is 6.10 Å². The Labute approximate surface area is 231 Å². The molecule has 2 aliphatic rings. The summed E-state index contributed by atoms with van der Waals surface area (Å²) in [6.07, 6.45) is 6.91. The lowest BCUT2D eigenvalue weighted by atomic mass is 9.51. The summed E-state index contributed by atoms with van der Waals surface area (Å²) < 4.78 is 10.7. The minimum absolute atomic E-state index is 0.00313. The van der Waals surface area contributed by atoms with E-state index >= 15 is 0 Å². The van der Waals surface area contributed by atoms with E-state index in [0.29, 0.717) is 30.0 Å². The van der Waals surface area contributed by atoms with Crippen molar-refractivity contribution >= 4 is 11.8 Å². The highest BCUT2D eigenvalue weighted by atomic mass is 16.5. The molecule has 8 heteroatoms. The average molecular weight is 538 g/mol. The third kappa shape index (κ3) is 6.21. The molecule has 2 aromatic rings. The number of hydrogen-bond donors (Lipinski definition) is 3. The van der Waals surface area contributed by atoms with Crippen molar-refractivity contribution < 1.29 is 24.2 Å². The SMILES string of the molecule is COc1ccc(CCNC(=O)C(C)C2CCC3(C)CCC(NC(=O)c4ccncc4)C(C)C3C2O)cc1OC. The van der Waals surface area contributed by atoms with Crippen molar-refractivity contribution in [1.29, 1.82) is 0 Å². The quantitative estimate of drug-likeness (QED) is 0.446. The van der Waals surface area contributed by atoms with Gasteiger partial charge in [0.2, 0.25) is 5.91 Å². The molecule has 0 spiro atoms. The number of fused-ring (bicyclic) bond motifs is 1. The Bertz CT molecular complexity index is 1140. The molecule has 0 radical (unpaired) electrons. The second kappa shape index (κ2) is 12.4. The Hall–Kier alpha value is -3.13. The van der Waals surface area contributed by atoms with Crippen LogP contribution >= 0.6 is 0 Å². The molecule has 4 rings (SSSR count). The zero-order valence-corrected chi connectivity index (χ0v) is 23.8. The van der Waals surface area contributed by atoms with Gasteiger partial charge in [0.15, 0.2) is 11.5 Å². The van der Waals surface area contributed by atoms with Gasteiger partial charge in [0.25, 0.3) is 5.91 Å². The molecule has 1 heterocycles. The molecule has 8 nitrogen and oxygen atoms in total. The molecule has 2 saturated carbocycles. The second-order valence-corrected chi connectivity index (χ2v) is 11.6. The van der Waals surface area contributed by atoms with Crippen LogP contribution in [0.25, 0.3) is 0 Å². The van der Waals surface area contributed by atoms with Crippen LogP contribution in [-0.2, 0) is 11.2 Å². The second-order valence-electron chi connectivity index (χ2n) is 11.6. The number of carbonyl (C=O) groups is 2. The van der Waals surface area contributed by atoms with E-state index in [2.05, 4.69) is 29.5 Å². The number of pyridine rings is 1. The monoisotopic (exact) mass is 537 g/mol. The molecule has 7 unspecified atom stereocenters. The van der Waals surface area contributed by atoms with Crippen LogP contribution in [0.5, 0.6) is 11.5 Å². The molecule has 212 valence electrons. The summed E-state index contributed by atoms with van der Waals surface area (Å²) in [6, 6.07) is 9.16. The fourth-order valence-corrected chi connectivity index (χ4v) is 6.97. The van der Waals surface area contributed by atoms with Crippen LogP contribution in [0.2, 0.25) is 0 Å². The molecular weight excluding hydrogens is 494 g/mol. The third-order valence-electron chi connectivity index (χ3n) is 9.36. The van der Waals surface area contributed by atoms with Gasteiger partial charge in [0.1, 0.15) is 0 Å². The smallest absolute Gasteiger partial charge is 0.251 e. The first-order valence-electron chi connectivity index (χ1n) is 14.1. The van der Waals surface area contributed by atoms with Crippen molar-refractivity contribution in [3.8, 4) is 11.5 Å². The highest BCUT2D eigenvalue weighted by molar-refractivity contribution is 5.94. The van der Waals surface area contributed by atoms with E-state index in [-0.39, 0.29) is 46.9 Å². The molecule has 3 N–H and O–H groups in total. The lowest BCUT2D eigenvalue weighted by Gasteiger charge is -2.56. The highest BCUT2D eigenvalue weighted by Crippen LogP contribution is 2.55. The number of benzene rings is 1. The molecule has 39 heavy (non-hydrogen) atoms. The largest absolute Gasteiger partial charge is 0.493 e. The number of aromatic nitrogens is 1. The first-order valence-corrected chi connectivity index (χ1v) is 14.1. The van der Waals surface area contributed by atoms with Gasteiger partial charge in [0, 0.05) is 36.5 Å². The molecular formula is C31H43N3O5. The van der Waals surface area contributed by atoms with Crippen LogP contribution in [0.3, 0.4) is 0 Å². The van der Waals surface area contributed by atoms with E-state index in [0.717, 1.165) is 31.2 Å². The number of nitrogens with one attached hydrogen (secondary N) is 2. The van der Waals surface area contributed by atoms with Gasteiger partial charge >= 0.3 is 0 Å². The van der Waals surface area contributed by atoms with Gasteiger partial charge in [-0.1, -0.05) is 26.8 Å².